The second-order valence-electron chi connectivity index (χ2n) is 5.07. The van der Waals surface area contributed by atoms with Crippen LogP contribution in [0.25, 0.3) is 0 Å². The predicted molar refractivity (Wildman–Crippen MR) is 79.6 cm³/mol. The zero-order valence-electron chi connectivity index (χ0n) is 11.9. The van der Waals surface area contributed by atoms with Crippen LogP contribution in [0.15, 0.2) is 23.1 Å². The maximum absolute atomic E-state index is 11.9. The monoisotopic (exact) mass is 285 g/mol. The normalized spacial score (nSPS) is 13.5. The minimum Gasteiger partial charge on any atom is -0.399 e. The SMILES string of the molecule is CNS(=O)(=O)c1cc(N)ccc1NCC(C)C(C)C. The van der Waals surface area contributed by atoms with E-state index in [0.29, 0.717) is 29.8 Å². The number of anilines is 2. The van der Waals surface area contributed by atoms with Gasteiger partial charge in [-0.2, -0.15) is 0 Å². The molecule has 0 aliphatic carbocycles. The van der Waals surface area contributed by atoms with Crippen LogP contribution < -0.4 is 15.8 Å². The van der Waals surface area contributed by atoms with Crippen LogP contribution in [0.4, 0.5) is 11.4 Å². The molecule has 19 heavy (non-hydrogen) atoms. The molecule has 0 radical (unpaired) electrons. The largest absolute Gasteiger partial charge is 0.399 e. The van der Waals surface area contributed by atoms with Crippen LogP contribution >= 0.6 is 0 Å². The molecule has 1 aromatic rings. The molecular weight excluding hydrogens is 262 g/mol. The van der Waals surface area contributed by atoms with Gasteiger partial charge in [-0.25, -0.2) is 13.1 Å². The average molecular weight is 285 g/mol. The van der Waals surface area contributed by atoms with Gasteiger partial charge >= 0.3 is 0 Å². The van der Waals surface area contributed by atoms with Gasteiger partial charge in [-0.15, -0.1) is 0 Å². The summed E-state index contributed by atoms with van der Waals surface area (Å²) in [6.07, 6.45) is 0. The highest BCUT2D eigenvalue weighted by Crippen LogP contribution is 2.24. The number of nitrogen functional groups attached to an aromatic ring is 1. The molecule has 0 spiro atoms. The van der Waals surface area contributed by atoms with Crippen molar-refractivity contribution in [3.8, 4) is 0 Å². The van der Waals surface area contributed by atoms with Crippen LogP contribution in [0, 0.1) is 11.8 Å². The summed E-state index contributed by atoms with van der Waals surface area (Å²) in [5, 5.41) is 3.19. The Kier molecular flexibility index (Phi) is 5.20. The summed E-state index contributed by atoms with van der Waals surface area (Å²) in [6.45, 7) is 7.12. The van der Waals surface area contributed by atoms with Gasteiger partial charge < -0.3 is 11.1 Å². The van der Waals surface area contributed by atoms with E-state index < -0.39 is 10.0 Å². The van der Waals surface area contributed by atoms with Gasteiger partial charge in [0.15, 0.2) is 0 Å². The zero-order chi connectivity index (χ0) is 14.6. The Morgan fingerprint density at radius 1 is 1.26 bits per heavy atom. The Labute approximate surface area is 115 Å². The maximum Gasteiger partial charge on any atom is 0.242 e. The molecule has 0 fully saturated rings. The molecule has 0 aliphatic heterocycles. The minimum atomic E-state index is -3.51. The van der Waals surface area contributed by atoms with Gasteiger partial charge in [-0.05, 0) is 37.1 Å². The molecule has 1 atom stereocenters. The molecule has 0 heterocycles. The summed E-state index contributed by atoms with van der Waals surface area (Å²) in [7, 11) is -2.12. The molecule has 4 N–H and O–H groups in total. The van der Waals surface area contributed by atoms with E-state index in [1.807, 2.05) is 0 Å². The van der Waals surface area contributed by atoms with E-state index in [0.717, 1.165) is 0 Å². The van der Waals surface area contributed by atoms with Crippen LogP contribution in [0.5, 0.6) is 0 Å². The summed E-state index contributed by atoms with van der Waals surface area (Å²) < 4.78 is 26.2. The molecule has 0 saturated heterocycles. The topological polar surface area (TPSA) is 84.2 Å². The smallest absolute Gasteiger partial charge is 0.242 e. The van der Waals surface area contributed by atoms with Gasteiger partial charge in [-0.1, -0.05) is 20.8 Å². The van der Waals surface area contributed by atoms with Crippen molar-refractivity contribution in [3.63, 3.8) is 0 Å². The Balaban J connectivity index is 3.02. The molecule has 0 aromatic heterocycles. The second kappa shape index (κ2) is 6.25. The quantitative estimate of drug-likeness (QED) is 0.697. The molecule has 6 heteroatoms. The number of benzene rings is 1. The first-order chi connectivity index (χ1) is 8.77. The highest BCUT2D eigenvalue weighted by atomic mass is 32.2. The highest BCUT2D eigenvalue weighted by Gasteiger charge is 2.17. The predicted octanol–water partition coefficient (Wildman–Crippen LogP) is 1.88. The number of rotatable bonds is 6. The second-order valence-corrected chi connectivity index (χ2v) is 6.92. The van der Waals surface area contributed by atoms with Crippen LogP contribution in [0.1, 0.15) is 20.8 Å². The lowest BCUT2D eigenvalue weighted by atomic mass is 9.98. The molecule has 1 rings (SSSR count). The van der Waals surface area contributed by atoms with E-state index in [1.165, 1.54) is 13.1 Å². The third-order valence-electron chi connectivity index (χ3n) is 3.32. The van der Waals surface area contributed by atoms with Gasteiger partial charge in [0.05, 0.1) is 5.69 Å². The molecular formula is C13H23N3O2S. The molecule has 0 amide bonds. The Bertz CT molecular complexity index is 527. The summed E-state index contributed by atoms with van der Waals surface area (Å²) in [5.74, 6) is 0.980. The van der Waals surface area contributed by atoms with Gasteiger partial charge in [0.25, 0.3) is 0 Å². The lowest BCUT2D eigenvalue weighted by Gasteiger charge is -2.19. The van der Waals surface area contributed by atoms with Crippen molar-refractivity contribution >= 4 is 21.4 Å². The van der Waals surface area contributed by atoms with Crippen molar-refractivity contribution in [1.29, 1.82) is 0 Å². The molecule has 5 nitrogen and oxygen atoms in total. The number of hydrogen-bond donors (Lipinski definition) is 3. The van der Waals surface area contributed by atoms with Crippen LogP contribution in [0.3, 0.4) is 0 Å². The van der Waals surface area contributed by atoms with Crippen molar-refractivity contribution in [2.24, 2.45) is 11.8 Å². The fourth-order valence-electron chi connectivity index (χ4n) is 1.52. The summed E-state index contributed by atoms with van der Waals surface area (Å²) in [5.41, 5.74) is 6.67. The minimum absolute atomic E-state index is 0.186. The number of hydrogen-bond acceptors (Lipinski definition) is 4. The Morgan fingerprint density at radius 2 is 1.89 bits per heavy atom. The van der Waals surface area contributed by atoms with Gasteiger partial charge in [0.1, 0.15) is 4.90 Å². The molecule has 0 saturated carbocycles. The fourth-order valence-corrected chi connectivity index (χ4v) is 2.46. The van der Waals surface area contributed by atoms with Crippen LogP contribution in [-0.2, 0) is 10.0 Å². The highest BCUT2D eigenvalue weighted by molar-refractivity contribution is 7.89. The van der Waals surface area contributed by atoms with E-state index in [-0.39, 0.29) is 4.90 Å². The van der Waals surface area contributed by atoms with E-state index in [9.17, 15) is 8.42 Å². The van der Waals surface area contributed by atoms with Crippen LogP contribution in [-0.4, -0.2) is 22.0 Å². The van der Waals surface area contributed by atoms with Crippen LogP contribution in [0.2, 0.25) is 0 Å². The molecule has 1 unspecified atom stereocenters. The number of sulfonamides is 1. The first-order valence-corrected chi connectivity index (χ1v) is 7.83. The van der Waals surface area contributed by atoms with E-state index in [1.54, 1.807) is 12.1 Å². The number of nitrogens with one attached hydrogen (secondary N) is 2. The third-order valence-corrected chi connectivity index (χ3v) is 4.77. The Hall–Kier alpha value is -1.27. The van der Waals surface area contributed by atoms with E-state index in [2.05, 4.69) is 30.8 Å². The van der Waals surface area contributed by atoms with Crippen molar-refractivity contribution in [2.75, 3.05) is 24.6 Å². The fraction of sp³-hybridized carbons (Fsp3) is 0.538. The standard InChI is InChI=1S/C13H23N3O2S/c1-9(2)10(3)8-16-12-6-5-11(14)7-13(12)19(17,18)15-4/h5-7,9-10,15-16H,8,14H2,1-4H3. The van der Waals surface area contributed by atoms with Gasteiger partial charge in [-0.3, -0.25) is 0 Å². The molecule has 0 aliphatic rings. The zero-order valence-corrected chi connectivity index (χ0v) is 12.7. The van der Waals surface area contributed by atoms with Crippen molar-refractivity contribution < 1.29 is 8.42 Å². The maximum atomic E-state index is 11.9. The first kappa shape index (κ1) is 15.8. The molecule has 108 valence electrons. The lowest BCUT2D eigenvalue weighted by Crippen LogP contribution is -2.22. The summed E-state index contributed by atoms with van der Waals surface area (Å²) in [4.78, 5) is 0.186. The summed E-state index contributed by atoms with van der Waals surface area (Å²) in [6, 6.07) is 4.86. The third kappa shape index (κ3) is 4.11. The van der Waals surface area contributed by atoms with Crippen molar-refractivity contribution in [1.82, 2.24) is 4.72 Å². The first-order valence-electron chi connectivity index (χ1n) is 6.35. The van der Waals surface area contributed by atoms with Gasteiger partial charge in [0, 0.05) is 12.2 Å². The average Bonchev–Trinajstić information content (AvgIpc) is 2.36. The van der Waals surface area contributed by atoms with Gasteiger partial charge in [0.2, 0.25) is 10.0 Å². The Morgan fingerprint density at radius 3 is 2.42 bits per heavy atom. The van der Waals surface area contributed by atoms with Crippen molar-refractivity contribution in [3.05, 3.63) is 18.2 Å². The molecule has 1 aromatic carbocycles. The van der Waals surface area contributed by atoms with E-state index in [4.69, 9.17) is 5.73 Å². The molecule has 0 bridgehead atoms. The van der Waals surface area contributed by atoms with Crippen molar-refractivity contribution in [2.45, 2.75) is 25.7 Å². The summed E-state index contributed by atoms with van der Waals surface area (Å²) >= 11 is 0. The van der Waals surface area contributed by atoms with E-state index >= 15 is 0 Å². The number of nitrogens with two attached hydrogens (primary N) is 1. The lowest BCUT2D eigenvalue weighted by molar-refractivity contribution is 0.439.